The van der Waals surface area contributed by atoms with Gasteiger partial charge in [0.15, 0.2) is 0 Å². The fourth-order valence-corrected chi connectivity index (χ4v) is 3.56. The van der Waals surface area contributed by atoms with E-state index in [4.69, 9.17) is 4.74 Å². The van der Waals surface area contributed by atoms with E-state index in [1.54, 1.807) is 17.8 Å². The Morgan fingerprint density at radius 3 is 2.77 bits per heavy atom. The van der Waals surface area contributed by atoms with Crippen LogP contribution in [-0.4, -0.2) is 23.2 Å². The van der Waals surface area contributed by atoms with Gasteiger partial charge in [0.05, 0.1) is 6.20 Å². The SMILES string of the molecule is CSc1cccc(Oc2ncc(F)cc2C(=O)NC2CCC(C)CC2)c1. The summed E-state index contributed by atoms with van der Waals surface area (Å²) in [6, 6.07) is 8.78. The van der Waals surface area contributed by atoms with Crippen molar-refractivity contribution in [2.75, 3.05) is 6.26 Å². The van der Waals surface area contributed by atoms with Crippen LogP contribution in [-0.2, 0) is 0 Å². The van der Waals surface area contributed by atoms with Crippen molar-refractivity contribution >= 4 is 17.7 Å². The van der Waals surface area contributed by atoms with Gasteiger partial charge >= 0.3 is 0 Å². The molecule has 0 aliphatic heterocycles. The van der Waals surface area contributed by atoms with Crippen molar-refractivity contribution in [1.82, 2.24) is 10.3 Å². The predicted octanol–water partition coefficient (Wildman–Crippen LogP) is 5.04. The van der Waals surface area contributed by atoms with Gasteiger partial charge in [0.1, 0.15) is 17.1 Å². The molecular weight excluding hydrogens is 351 g/mol. The smallest absolute Gasteiger partial charge is 0.257 e. The molecule has 2 aromatic rings. The van der Waals surface area contributed by atoms with Crippen molar-refractivity contribution in [2.24, 2.45) is 5.92 Å². The molecule has 1 aliphatic rings. The van der Waals surface area contributed by atoms with E-state index in [9.17, 15) is 9.18 Å². The lowest BCUT2D eigenvalue weighted by atomic mass is 9.87. The molecule has 26 heavy (non-hydrogen) atoms. The number of aromatic nitrogens is 1. The van der Waals surface area contributed by atoms with Crippen molar-refractivity contribution in [2.45, 2.75) is 43.5 Å². The van der Waals surface area contributed by atoms with Crippen LogP contribution in [0.1, 0.15) is 43.0 Å². The van der Waals surface area contributed by atoms with Gasteiger partial charge in [-0.1, -0.05) is 13.0 Å². The highest BCUT2D eigenvalue weighted by atomic mass is 32.2. The van der Waals surface area contributed by atoms with Gasteiger partial charge in [0.2, 0.25) is 5.88 Å². The summed E-state index contributed by atoms with van der Waals surface area (Å²) in [5.74, 6) is 0.481. The maximum atomic E-state index is 13.7. The molecule has 138 valence electrons. The molecule has 1 amide bonds. The lowest BCUT2D eigenvalue weighted by Gasteiger charge is -2.27. The number of thioether (sulfide) groups is 1. The third kappa shape index (κ3) is 4.75. The number of rotatable bonds is 5. The Hall–Kier alpha value is -2.08. The second kappa shape index (κ2) is 8.54. The minimum atomic E-state index is -0.558. The quantitative estimate of drug-likeness (QED) is 0.745. The standard InChI is InChI=1S/C20H23FN2O2S/c1-13-6-8-15(9-7-13)23-19(24)18-10-14(21)12-22-20(18)25-16-4-3-5-17(11-16)26-2/h3-5,10-13,15H,6-9H2,1-2H3,(H,23,24). The van der Waals surface area contributed by atoms with Gasteiger partial charge in [-0.25, -0.2) is 9.37 Å². The van der Waals surface area contributed by atoms with Gasteiger partial charge in [-0.2, -0.15) is 0 Å². The number of carbonyl (C=O) groups excluding carboxylic acids is 1. The normalized spacial score (nSPS) is 19.8. The van der Waals surface area contributed by atoms with E-state index >= 15 is 0 Å². The van der Waals surface area contributed by atoms with Crippen LogP contribution in [0.5, 0.6) is 11.6 Å². The van der Waals surface area contributed by atoms with Gasteiger partial charge in [-0.05, 0) is 62.1 Å². The van der Waals surface area contributed by atoms with Crippen molar-refractivity contribution in [3.05, 3.63) is 47.9 Å². The largest absolute Gasteiger partial charge is 0.438 e. The van der Waals surface area contributed by atoms with E-state index in [-0.39, 0.29) is 23.4 Å². The zero-order chi connectivity index (χ0) is 18.5. The maximum absolute atomic E-state index is 13.7. The van der Waals surface area contributed by atoms with Crippen molar-refractivity contribution < 1.29 is 13.9 Å². The summed E-state index contributed by atoms with van der Waals surface area (Å²) in [6.07, 6.45) is 7.11. The Balaban J connectivity index is 1.77. The Morgan fingerprint density at radius 1 is 1.27 bits per heavy atom. The van der Waals surface area contributed by atoms with Crippen LogP contribution >= 0.6 is 11.8 Å². The maximum Gasteiger partial charge on any atom is 0.257 e. The highest BCUT2D eigenvalue weighted by Gasteiger charge is 2.23. The summed E-state index contributed by atoms with van der Waals surface area (Å²) in [7, 11) is 0. The number of halogens is 1. The van der Waals surface area contributed by atoms with E-state index in [2.05, 4.69) is 17.2 Å². The number of nitrogens with one attached hydrogen (secondary N) is 1. The lowest BCUT2D eigenvalue weighted by molar-refractivity contribution is 0.0919. The number of benzene rings is 1. The second-order valence-electron chi connectivity index (χ2n) is 6.72. The zero-order valence-electron chi connectivity index (χ0n) is 15.0. The van der Waals surface area contributed by atoms with Crippen LogP contribution in [0.15, 0.2) is 41.4 Å². The molecule has 6 heteroatoms. The highest BCUT2D eigenvalue weighted by Crippen LogP contribution is 2.28. The van der Waals surface area contributed by atoms with Crippen LogP contribution in [0.25, 0.3) is 0 Å². The van der Waals surface area contributed by atoms with Gasteiger partial charge < -0.3 is 10.1 Å². The first-order valence-electron chi connectivity index (χ1n) is 8.83. The first kappa shape index (κ1) is 18.7. The van der Waals surface area contributed by atoms with E-state index in [1.165, 1.54) is 6.07 Å². The average Bonchev–Trinajstić information content (AvgIpc) is 2.65. The second-order valence-corrected chi connectivity index (χ2v) is 7.60. The summed E-state index contributed by atoms with van der Waals surface area (Å²) < 4.78 is 19.5. The topological polar surface area (TPSA) is 51.2 Å². The Labute approximate surface area is 157 Å². The fourth-order valence-electron chi connectivity index (χ4n) is 3.11. The van der Waals surface area contributed by atoms with Gasteiger partial charge in [-0.15, -0.1) is 11.8 Å². The molecule has 0 bridgehead atoms. The van der Waals surface area contributed by atoms with Gasteiger partial charge in [0.25, 0.3) is 5.91 Å². The molecule has 1 aromatic heterocycles. The summed E-state index contributed by atoms with van der Waals surface area (Å²) in [4.78, 5) is 17.7. The zero-order valence-corrected chi connectivity index (χ0v) is 15.8. The molecule has 4 nitrogen and oxygen atoms in total. The minimum absolute atomic E-state index is 0.117. The average molecular weight is 374 g/mol. The van der Waals surface area contributed by atoms with Crippen molar-refractivity contribution in [3.63, 3.8) is 0 Å². The molecule has 1 aromatic carbocycles. The molecule has 1 N–H and O–H groups in total. The molecule has 0 radical (unpaired) electrons. The summed E-state index contributed by atoms with van der Waals surface area (Å²) in [6.45, 7) is 2.23. The summed E-state index contributed by atoms with van der Waals surface area (Å²) >= 11 is 1.59. The molecule has 0 saturated heterocycles. The number of pyridine rings is 1. The lowest BCUT2D eigenvalue weighted by Crippen LogP contribution is -2.37. The fraction of sp³-hybridized carbons (Fsp3) is 0.400. The van der Waals surface area contributed by atoms with Crippen LogP contribution in [0.2, 0.25) is 0 Å². The molecule has 1 fully saturated rings. The third-order valence-electron chi connectivity index (χ3n) is 4.67. The molecule has 0 unspecified atom stereocenters. The van der Waals surface area contributed by atoms with E-state index < -0.39 is 5.82 Å². The van der Waals surface area contributed by atoms with Gasteiger partial charge in [-0.3, -0.25) is 4.79 Å². The monoisotopic (exact) mass is 374 g/mol. The van der Waals surface area contributed by atoms with Crippen molar-refractivity contribution in [3.8, 4) is 11.6 Å². The molecule has 1 heterocycles. The van der Waals surface area contributed by atoms with Crippen LogP contribution in [0, 0.1) is 11.7 Å². The van der Waals surface area contributed by atoms with Crippen LogP contribution < -0.4 is 10.1 Å². The molecule has 3 rings (SSSR count). The molecule has 1 aliphatic carbocycles. The van der Waals surface area contributed by atoms with Crippen molar-refractivity contribution in [1.29, 1.82) is 0 Å². The van der Waals surface area contributed by atoms with Gasteiger partial charge in [0, 0.05) is 10.9 Å². The number of amides is 1. The Bertz CT molecular complexity index is 776. The number of ether oxygens (including phenoxy) is 1. The molecular formula is C20H23FN2O2S. The molecule has 1 saturated carbocycles. The first-order valence-corrected chi connectivity index (χ1v) is 10.1. The third-order valence-corrected chi connectivity index (χ3v) is 5.39. The molecule has 0 spiro atoms. The number of carbonyl (C=O) groups is 1. The number of hydrogen-bond acceptors (Lipinski definition) is 4. The van der Waals surface area contributed by atoms with E-state index in [1.807, 2.05) is 24.5 Å². The molecule has 0 atom stereocenters. The summed E-state index contributed by atoms with van der Waals surface area (Å²) in [5, 5.41) is 3.00. The minimum Gasteiger partial charge on any atom is -0.438 e. The predicted molar refractivity (Wildman–Crippen MR) is 101 cm³/mol. The van der Waals surface area contributed by atoms with Crippen LogP contribution in [0.4, 0.5) is 4.39 Å². The van der Waals surface area contributed by atoms with Crippen LogP contribution in [0.3, 0.4) is 0 Å². The Morgan fingerprint density at radius 2 is 2.04 bits per heavy atom. The Kier molecular flexibility index (Phi) is 6.14. The number of hydrogen-bond donors (Lipinski definition) is 1. The first-order chi connectivity index (χ1) is 12.5. The highest BCUT2D eigenvalue weighted by molar-refractivity contribution is 7.98. The van der Waals surface area contributed by atoms with E-state index in [0.29, 0.717) is 11.7 Å². The number of nitrogens with zero attached hydrogens (tertiary/aromatic N) is 1. The van der Waals surface area contributed by atoms with E-state index in [0.717, 1.165) is 36.8 Å². The summed E-state index contributed by atoms with van der Waals surface area (Å²) in [5.41, 5.74) is 0.123.